The number of rotatable bonds is 3. The molecule has 0 aromatic carbocycles. The second-order valence-electron chi connectivity index (χ2n) is 4.10. The lowest BCUT2D eigenvalue weighted by Gasteiger charge is -1.98. The van der Waals surface area contributed by atoms with E-state index in [4.69, 9.17) is 13.9 Å². The quantitative estimate of drug-likeness (QED) is 0.884. The Morgan fingerprint density at radius 2 is 2.06 bits per heavy atom. The van der Waals surface area contributed by atoms with E-state index in [1.165, 1.54) is 0 Å². The Morgan fingerprint density at radius 3 is 2.47 bits per heavy atom. The first-order valence-electron chi connectivity index (χ1n) is 5.30. The van der Waals surface area contributed by atoms with Gasteiger partial charge < -0.3 is 13.9 Å². The molecule has 5 heteroatoms. The maximum absolute atomic E-state index is 11.0. The molecule has 17 heavy (non-hydrogen) atoms. The van der Waals surface area contributed by atoms with Gasteiger partial charge in [-0.3, -0.25) is 0 Å². The van der Waals surface area contributed by atoms with Crippen LogP contribution in [0, 0.1) is 6.92 Å². The van der Waals surface area contributed by atoms with Gasteiger partial charge in [0.2, 0.25) is 5.76 Å². The topological polar surface area (TPSA) is 76.5 Å². The number of oxazole rings is 1. The normalized spacial score (nSPS) is 11.1. The number of carbonyl (C=O) groups is 1. The van der Waals surface area contributed by atoms with E-state index in [0.717, 1.165) is 5.76 Å². The highest BCUT2D eigenvalue weighted by molar-refractivity contribution is 5.86. The van der Waals surface area contributed by atoms with Gasteiger partial charge in [0.1, 0.15) is 5.76 Å². The monoisotopic (exact) mass is 235 g/mol. The molecule has 2 heterocycles. The number of hydrogen-bond donors (Lipinski definition) is 1. The molecule has 90 valence electrons. The highest BCUT2D eigenvalue weighted by Crippen LogP contribution is 2.27. The molecule has 0 amide bonds. The predicted octanol–water partition coefficient (Wildman–Crippen LogP) is 3.06. The molecule has 0 atom stereocenters. The Hall–Kier alpha value is -2.04. The van der Waals surface area contributed by atoms with E-state index < -0.39 is 5.97 Å². The van der Waals surface area contributed by atoms with Crippen molar-refractivity contribution in [3.05, 3.63) is 29.3 Å². The van der Waals surface area contributed by atoms with Crippen LogP contribution >= 0.6 is 0 Å². The molecule has 0 aliphatic carbocycles. The summed E-state index contributed by atoms with van der Waals surface area (Å²) in [5.74, 6) is 0.117. The van der Waals surface area contributed by atoms with E-state index in [2.05, 4.69) is 4.98 Å². The number of furan rings is 1. The van der Waals surface area contributed by atoms with Gasteiger partial charge in [-0.2, -0.15) is 0 Å². The fourth-order valence-electron chi connectivity index (χ4n) is 1.53. The summed E-state index contributed by atoms with van der Waals surface area (Å²) in [5.41, 5.74) is 0.432. The van der Waals surface area contributed by atoms with Crippen molar-refractivity contribution in [2.75, 3.05) is 0 Å². The molecule has 2 aromatic rings. The third-order valence-corrected chi connectivity index (χ3v) is 2.35. The summed E-state index contributed by atoms with van der Waals surface area (Å²) in [6, 6.07) is 3.48. The van der Waals surface area contributed by atoms with Gasteiger partial charge in [0, 0.05) is 0 Å². The Kier molecular flexibility index (Phi) is 2.75. The SMILES string of the molecule is Cc1ccc(-c2nc(C(C)C)c(C(=O)O)o2)o1. The third kappa shape index (κ3) is 2.08. The van der Waals surface area contributed by atoms with Crippen LogP contribution in [0.2, 0.25) is 0 Å². The van der Waals surface area contributed by atoms with Crippen LogP contribution in [0.1, 0.15) is 41.8 Å². The van der Waals surface area contributed by atoms with Gasteiger partial charge in [0.15, 0.2) is 5.76 Å². The molecule has 2 rings (SSSR count). The van der Waals surface area contributed by atoms with Crippen molar-refractivity contribution in [3.63, 3.8) is 0 Å². The molecule has 0 radical (unpaired) electrons. The van der Waals surface area contributed by atoms with Crippen molar-refractivity contribution < 1.29 is 18.7 Å². The van der Waals surface area contributed by atoms with Crippen LogP contribution in [-0.2, 0) is 0 Å². The Bertz CT molecular complexity index is 551. The molecule has 0 aliphatic heterocycles. The first kappa shape index (κ1) is 11.4. The van der Waals surface area contributed by atoms with Gasteiger partial charge in [0.05, 0.1) is 5.69 Å². The van der Waals surface area contributed by atoms with Crippen LogP contribution in [0.25, 0.3) is 11.7 Å². The van der Waals surface area contributed by atoms with E-state index in [1.54, 1.807) is 19.1 Å². The van der Waals surface area contributed by atoms with Crippen molar-refractivity contribution in [3.8, 4) is 11.7 Å². The minimum Gasteiger partial charge on any atom is -0.475 e. The molecule has 1 N–H and O–H groups in total. The summed E-state index contributed by atoms with van der Waals surface area (Å²) in [6.07, 6.45) is 0. The number of carboxylic acids is 1. The first-order valence-corrected chi connectivity index (χ1v) is 5.30. The summed E-state index contributed by atoms with van der Waals surface area (Å²) >= 11 is 0. The maximum Gasteiger partial charge on any atom is 0.373 e. The molecular weight excluding hydrogens is 222 g/mol. The largest absolute Gasteiger partial charge is 0.475 e. The Morgan fingerprint density at radius 1 is 1.35 bits per heavy atom. The Labute approximate surface area is 98.1 Å². The molecule has 0 saturated heterocycles. The summed E-state index contributed by atoms with van der Waals surface area (Å²) < 4.78 is 10.6. The van der Waals surface area contributed by atoms with Gasteiger partial charge in [-0.1, -0.05) is 13.8 Å². The molecule has 2 aromatic heterocycles. The average molecular weight is 235 g/mol. The van der Waals surface area contributed by atoms with E-state index in [-0.39, 0.29) is 17.6 Å². The number of aromatic carboxylic acids is 1. The van der Waals surface area contributed by atoms with Gasteiger partial charge in [-0.25, -0.2) is 9.78 Å². The zero-order chi connectivity index (χ0) is 12.6. The molecule has 0 unspecified atom stereocenters. The standard InChI is InChI=1S/C12H13NO4/c1-6(2)9-10(12(14)15)17-11(13-9)8-5-4-7(3)16-8/h4-6H,1-3H3,(H,14,15). The second-order valence-corrected chi connectivity index (χ2v) is 4.10. The molecule has 5 nitrogen and oxygen atoms in total. The van der Waals surface area contributed by atoms with E-state index in [1.807, 2.05) is 13.8 Å². The van der Waals surface area contributed by atoms with Gasteiger partial charge >= 0.3 is 5.97 Å². The van der Waals surface area contributed by atoms with Crippen molar-refractivity contribution in [1.82, 2.24) is 4.98 Å². The van der Waals surface area contributed by atoms with E-state index in [0.29, 0.717) is 11.5 Å². The van der Waals surface area contributed by atoms with E-state index in [9.17, 15) is 4.79 Å². The highest BCUT2D eigenvalue weighted by Gasteiger charge is 2.23. The predicted molar refractivity (Wildman–Crippen MR) is 60.0 cm³/mol. The summed E-state index contributed by atoms with van der Waals surface area (Å²) in [5, 5.41) is 9.02. The lowest BCUT2D eigenvalue weighted by Crippen LogP contribution is -2.01. The van der Waals surface area contributed by atoms with Crippen LogP contribution in [0.15, 0.2) is 21.0 Å². The molecule has 0 bridgehead atoms. The lowest BCUT2D eigenvalue weighted by molar-refractivity contribution is 0.0661. The molecular formula is C12H13NO4. The van der Waals surface area contributed by atoms with E-state index >= 15 is 0 Å². The Balaban J connectivity index is 2.50. The summed E-state index contributed by atoms with van der Waals surface area (Å²) in [4.78, 5) is 15.2. The zero-order valence-electron chi connectivity index (χ0n) is 9.85. The van der Waals surface area contributed by atoms with Gasteiger partial charge in [-0.05, 0) is 25.0 Å². The number of aryl methyl sites for hydroxylation is 1. The van der Waals surface area contributed by atoms with Crippen molar-refractivity contribution in [1.29, 1.82) is 0 Å². The van der Waals surface area contributed by atoms with Crippen molar-refractivity contribution >= 4 is 5.97 Å². The second kappa shape index (κ2) is 4.08. The van der Waals surface area contributed by atoms with Crippen LogP contribution < -0.4 is 0 Å². The van der Waals surface area contributed by atoms with Crippen LogP contribution in [-0.4, -0.2) is 16.1 Å². The highest BCUT2D eigenvalue weighted by atomic mass is 16.4. The first-order chi connectivity index (χ1) is 7.99. The third-order valence-electron chi connectivity index (χ3n) is 2.35. The lowest BCUT2D eigenvalue weighted by atomic mass is 10.1. The molecule has 0 fully saturated rings. The minimum atomic E-state index is -1.12. The smallest absolute Gasteiger partial charge is 0.373 e. The zero-order valence-corrected chi connectivity index (χ0v) is 9.85. The summed E-state index contributed by atoms with van der Waals surface area (Å²) in [6.45, 7) is 5.52. The number of hydrogen-bond acceptors (Lipinski definition) is 4. The van der Waals surface area contributed by atoms with Crippen molar-refractivity contribution in [2.45, 2.75) is 26.7 Å². The average Bonchev–Trinajstić information content (AvgIpc) is 2.82. The minimum absolute atomic E-state index is 0.0188. The fraction of sp³-hybridized carbons (Fsp3) is 0.333. The van der Waals surface area contributed by atoms with Gasteiger partial charge in [-0.15, -0.1) is 0 Å². The maximum atomic E-state index is 11.0. The molecule has 0 saturated carbocycles. The van der Waals surface area contributed by atoms with Crippen LogP contribution in [0.4, 0.5) is 0 Å². The molecule has 0 aliphatic rings. The fourth-order valence-corrected chi connectivity index (χ4v) is 1.53. The molecule has 0 spiro atoms. The van der Waals surface area contributed by atoms with Crippen LogP contribution in [0.3, 0.4) is 0 Å². The van der Waals surface area contributed by atoms with Crippen molar-refractivity contribution in [2.24, 2.45) is 0 Å². The summed E-state index contributed by atoms with van der Waals surface area (Å²) in [7, 11) is 0. The number of carboxylic acid groups (broad SMARTS) is 1. The van der Waals surface area contributed by atoms with Gasteiger partial charge in [0.25, 0.3) is 5.89 Å². The van der Waals surface area contributed by atoms with Crippen LogP contribution in [0.5, 0.6) is 0 Å². The number of nitrogens with zero attached hydrogens (tertiary/aromatic N) is 1. The number of aromatic nitrogens is 1.